The summed E-state index contributed by atoms with van der Waals surface area (Å²) in [5.74, 6) is 0.607. The number of rotatable bonds is 12. The van der Waals surface area contributed by atoms with Gasteiger partial charge >= 0.3 is 0 Å². The summed E-state index contributed by atoms with van der Waals surface area (Å²) in [6.07, 6.45) is 19.7. The van der Waals surface area contributed by atoms with Crippen molar-refractivity contribution in [1.82, 2.24) is 0 Å². The van der Waals surface area contributed by atoms with E-state index in [1.165, 1.54) is 89.9 Å². The lowest BCUT2D eigenvalue weighted by molar-refractivity contribution is 0.290. The second kappa shape index (κ2) is 12.3. The summed E-state index contributed by atoms with van der Waals surface area (Å²) < 4.78 is 0. The molecule has 0 aromatic heterocycles. The Balaban J connectivity index is 1.94. The molecule has 0 aromatic rings. The Kier molecular flexibility index (Phi) is 10.9. The largest absolute Gasteiger partial charge is 0.151 e. The van der Waals surface area contributed by atoms with Crippen molar-refractivity contribution in [3.8, 4) is 0 Å². The van der Waals surface area contributed by atoms with Gasteiger partial charge in [0.1, 0.15) is 0 Å². The Morgan fingerprint density at radius 2 is 1.40 bits per heavy atom. The molecule has 0 spiro atoms. The fraction of sp³-hybridized carbons (Fsp3) is 1.00. The van der Waals surface area contributed by atoms with Crippen LogP contribution in [0.3, 0.4) is 0 Å². The monoisotopic (exact) mass is 281 g/mol. The molecule has 1 rings (SSSR count). The third kappa shape index (κ3) is 8.01. The SMILES string of the molecule is CCCCCCCCCCCC(N=O)C1CCCCC1. The van der Waals surface area contributed by atoms with Crippen LogP contribution in [0.15, 0.2) is 5.18 Å². The van der Waals surface area contributed by atoms with E-state index in [1.807, 2.05) is 0 Å². The molecule has 0 N–H and O–H groups in total. The smallest absolute Gasteiger partial charge is 0.0947 e. The maximum atomic E-state index is 11.0. The van der Waals surface area contributed by atoms with Gasteiger partial charge in [-0.15, -0.1) is 0 Å². The van der Waals surface area contributed by atoms with Crippen LogP contribution in [0.2, 0.25) is 0 Å². The first kappa shape index (κ1) is 17.7. The van der Waals surface area contributed by atoms with Crippen LogP contribution in [-0.2, 0) is 0 Å². The Labute approximate surface area is 126 Å². The van der Waals surface area contributed by atoms with E-state index in [4.69, 9.17) is 0 Å². The molecular weight excluding hydrogens is 246 g/mol. The Morgan fingerprint density at radius 1 is 0.850 bits per heavy atom. The minimum atomic E-state index is 0.125. The van der Waals surface area contributed by atoms with Gasteiger partial charge in [-0.05, 0) is 25.2 Å². The molecule has 1 fully saturated rings. The molecule has 1 saturated carbocycles. The van der Waals surface area contributed by atoms with Crippen LogP contribution >= 0.6 is 0 Å². The minimum absolute atomic E-state index is 0.125. The highest BCUT2D eigenvalue weighted by atomic mass is 16.3. The van der Waals surface area contributed by atoms with Crippen molar-refractivity contribution in [3.63, 3.8) is 0 Å². The standard InChI is InChI=1S/C18H35NO/c1-2-3-4-5-6-7-8-9-13-16-18(19-20)17-14-11-10-12-15-17/h17-18H,2-16H2,1H3. The predicted octanol–water partition coefficient (Wildman–Crippen LogP) is 6.62. The van der Waals surface area contributed by atoms with Gasteiger partial charge in [-0.1, -0.05) is 89.2 Å². The molecule has 1 atom stereocenters. The molecule has 0 aliphatic heterocycles. The molecule has 0 amide bonds. The van der Waals surface area contributed by atoms with E-state index in [0.29, 0.717) is 5.92 Å². The average Bonchev–Trinajstić information content (AvgIpc) is 2.50. The van der Waals surface area contributed by atoms with E-state index in [-0.39, 0.29) is 6.04 Å². The molecule has 2 nitrogen and oxygen atoms in total. The van der Waals surface area contributed by atoms with Crippen molar-refractivity contribution in [2.75, 3.05) is 0 Å². The molecule has 0 heterocycles. The zero-order valence-electron chi connectivity index (χ0n) is 13.6. The Morgan fingerprint density at radius 3 is 1.95 bits per heavy atom. The summed E-state index contributed by atoms with van der Waals surface area (Å²) in [5.41, 5.74) is 0. The van der Waals surface area contributed by atoms with E-state index in [1.54, 1.807) is 0 Å². The van der Waals surface area contributed by atoms with Crippen molar-refractivity contribution in [2.24, 2.45) is 11.1 Å². The van der Waals surface area contributed by atoms with E-state index in [0.717, 1.165) is 6.42 Å². The average molecular weight is 281 g/mol. The van der Waals surface area contributed by atoms with Gasteiger partial charge in [-0.2, -0.15) is 4.91 Å². The first-order valence-electron chi connectivity index (χ1n) is 9.21. The molecule has 0 bridgehead atoms. The molecule has 0 aromatic carbocycles. The summed E-state index contributed by atoms with van der Waals surface area (Å²) in [6.45, 7) is 2.27. The number of nitroso groups, excluding NO2 is 1. The van der Waals surface area contributed by atoms with Gasteiger partial charge in [0.2, 0.25) is 0 Å². The van der Waals surface area contributed by atoms with Crippen LogP contribution in [0.5, 0.6) is 0 Å². The number of unbranched alkanes of at least 4 members (excludes halogenated alkanes) is 8. The summed E-state index contributed by atoms with van der Waals surface area (Å²) >= 11 is 0. The summed E-state index contributed by atoms with van der Waals surface area (Å²) in [6, 6.07) is 0.125. The molecular formula is C18H35NO. The summed E-state index contributed by atoms with van der Waals surface area (Å²) in [4.78, 5) is 11.0. The molecule has 0 saturated heterocycles. The summed E-state index contributed by atoms with van der Waals surface area (Å²) in [5, 5.41) is 3.43. The molecule has 118 valence electrons. The second-order valence-electron chi connectivity index (χ2n) is 6.69. The maximum Gasteiger partial charge on any atom is 0.0947 e. The summed E-state index contributed by atoms with van der Waals surface area (Å²) in [7, 11) is 0. The van der Waals surface area contributed by atoms with Crippen LogP contribution in [0.1, 0.15) is 103 Å². The highest BCUT2D eigenvalue weighted by Crippen LogP contribution is 2.30. The first-order valence-corrected chi connectivity index (χ1v) is 9.21. The van der Waals surface area contributed by atoms with Crippen LogP contribution < -0.4 is 0 Å². The fourth-order valence-electron chi connectivity index (χ4n) is 3.56. The second-order valence-corrected chi connectivity index (χ2v) is 6.69. The van der Waals surface area contributed by atoms with Gasteiger partial charge in [0.25, 0.3) is 0 Å². The molecule has 1 unspecified atom stereocenters. The quantitative estimate of drug-likeness (QED) is 0.292. The first-order chi connectivity index (χ1) is 9.88. The minimum Gasteiger partial charge on any atom is -0.151 e. The van der Waals surface area contributed by atoms with Crippen molar-refractivity contribution in [1.29, 1.82) is 0 Å². The van der Waals surface area contributed by atoms with Crippen molar-refractivity contribution >= 4 is 0 Å². The van der Waals surface area contributed by atoms with Crippen LogP contribution in [0.4, 0.5) is 0 Å². The lowest BCUT2D eigenvalue weighted by atomic mass is 9.82. The van der Waals surface area contributed by atoms with Gasteiger partial charge in [-0.25, -0.2) is 0 Å². The van der Waals surface area contributed by atoms with Gasteiger partial charge in [0.15, 0.2) is 0 Å². The van der Waals surface area contributed by atoms with Crippen molar-refractivity contribution < 1.29 is 0 Å². The fourth-order valence-corrected chi connectivity index (χ4v) is 3.56. The topological polar surface area (TPSA) is 29.4 Å². The third-order valence-corrected chi connectivity index (χ3v) is 4.93. The van der Waals surface area contributed by atoms with Crippen LogP contribution in [0, 0.1) is 10.8 Å². The zero-order chi connectivity index (χ0) is 14.5. The van der Waals surface area contributed by atoms with Crippen molar-refractivity contribution in [3.05, 3.63) is 4.91 Å². The lowest BCUT2D eigenvalue weighted by Crippen LogP contribution is -2.21. The van der Waals surface area contributed by atoms with Gasteiger partial charge in [-0.3, -0.25) is 0 Å². The van der Waals surface area contributed by atoms with E-state index < -0.39 is 0 Å². The number of nitrogens with zero attached hydrogens (tertiary/aromatic N) is 1. The molecule has 1 aliphatic carbocycles. The maximum absolute atomic E-state index is 11.0. The molecule has 1 aliphatic rings. The van der Waals surface area contributed by atoms with E-state index in [9.17, 15) is 4.91 Å². The third-order valence-electron chi connectivity index (χ3n) is 4.93. The van der Waals surface area contributed by atoms with Crippen molar-refractivity contribution in [2.45, 2.75) is 109 Å². The van der Waals surface area contributed by atoms with Gasteiger partial charge < -0.3 is 0 Å². The van der Waals surface area contributed by atoms with Crippen LogP contribution in [0.25, 0.3) is 0 Å². The normalized spacial score (nSPS) is 18.1. The highest BCUT2D eigenvalue weighted by molar-refractivity contribution is 4.78. The Hall–Kier alpha value is -0.400. The predicted molar refractivity (Wildman–Crippen MR) is 88.0 cm³/mol. The van der Waals surface area contributed by atoms with Gasteiger partial charge in [0, 0.05) is 0 Å². The molecule has 20 heavy (non-hydrogen) atoms. The number of hydrogen-bond acceptors (Lipinski definition) is 2. The van der Waals surface area contributed by atoms with Crippen LogP contribution in [-0.4, -0.2) is 6.04 Å². The Bertz CT molecular complexity index is 223. The zero-order valence-corrected chi connectivity index (χ0v) is 13.6. The van der Waals surface area contributed by atoms with E-state index in [2.05, 4.69) is 12.1 Å². The van der Waals surface area contributed by atoms with E-state index >= 15 is 0 Å². The van der Waals surface area contributed by atoms with Gasteiger partial charge in [0.05, 0.1) is 6.04 Å². The molecule has 2 heteroatoms. The highest BCUT2D eigenvalue weighted by Gasteiger charge is 2.23. The molecule has 0 radical (unpaired) electrons. The number of hydrogen-bond donors (Lipinski definition) is 0. The lowest BCUT2D eigenvalue weighted by Gasteiger charge is -2.25.